The fraction of sp³-hybridized carbons (Fsp3) is 0.308. The molecule has 1 aromatic carbocycles. The molecule has 0 saturated heterocycles. The molecule has 0 fully saturated rings. The highest BCUT2D eigenvalue weighted by Gasteiger charge is 2.11. The van der Waals surface area contributed by atoms with Crippen LogP contribution in [-0.4, -0.2) is 35.6 Å². The van der Waals surface area contributed by atoms with E-state index in [0.29, 0.717) is 18.3 Å². The molecule has 2 heterocycles. The average Bonchev–Trinajstić information content (AvgIpc) is 3.08. The van der Waals surface area contributed by atoms with Crippen molar-refractivity contribution >= 4 is 11.5 Å². The molecule has 1 aromatic heterocycles. The van der Waals surface area contributed by atoms with E-state index in [9.17, 15) is 0 Å². The summed E-state index contributed by atoms with van der Waals surface area (Å²) in [7, 11) is 0. The minimum atomic E-state index is 0.562. The van der Waals surface area contributed by atoms with Crippen molar-refractivity contribution < 1.29 is 4.52 Å². The molecule has 2 N–H and O–H groups in total. The van der Waals surface area contributed by atoms with E-state index < -0.39 is 0 Å². The summed E-state index contributed by atoms with van der Waals surface area (Å²) >= 11 is 0. The maximum atomic E-state index is 5.03. The number of aryl methyl sites for hydroxylation is 1. The van der Waals surface area contributed by atoms with E-state index in [1.54, 1.807) is 6.92 Å². The highest BCUT2D eigenvalue weighted by molar-refractivity contribution is 5.88. The Hall–Kier alpha value is -2.37. The van der Waals surface area contributed by atoms with Gasteiger partial charge in [-0.3, -0.25) is 4.99 Å². The van der Waals surface area contributed by atoms with Crippen LogP contribution in [0.1, 0.15) is 5.89 Å². The molecule has 2 aromatic rings. The number of amidine groups is 1. The van der Waals surface area contributed by atoms with Crippen LogP contribution in [0, 0.1) is 6.92 Å². The minimum Gasteiger partial charge on any atom is -0.377 e. The van der Waals surface area contributed by atoms with E-state index in [1.807, 2.05) is 24.3 Å². The zero-order valence-corrected chi connectivity index (χ0v) is 10.7. The number of hydrogen-bond acceptors (Lipinski definition) is 6. The van der Waals surface area contributed by atoms with E-state index >= 15 is 0 Å². The van der Waals surface area contributed by atoms with Gasteiger partial charge in [-0.2, -0.15) is 4.98 Å². The third-order valence-corrected chi connectivity index (χ3v) is 2.89. The Labute approximate surface area is 110 Å². The summed E-state index contributed by atoms with van der Waals surface area (Å²) in [4.78, 5) is 8.61. The van der Waals surface area contributed by atoms with Crippen LogP contribution in [0.2, 0.25) is 0 Å². The van der Waals surface area contributed by atoms with Gasteiger partial charge < -0.3 is 15.2 Å². The Morgan fingerprint density at radius 3 is 3.00 bits per heavy atom. The number of para-hydroxylation sites is 1. The molecule has 1 aliphatic rings. The zero-order chi connectivity index (χ0) is 13.1. The van der Waals surface area contributed by atoms with Gasteiger partial charge in [0.25, 0.3) is 0 Å². The average molecular weight is 257 g/mol. The molecule has 0 aliphatic carbocycles. The summed E-state index contributed by atoms with van der Waals surface area (Å²) in [6.45, 7) is 4.23. The molecule has 0 spiro atoms. The molecular formula is C13H15N5O. The van der Waals surface area contributed by atoms with E-state index in [4.69, 9.17) is 4.52 Å². The zero-order valence-electron chi connectivity index (χ0n) is 10.7. The summed E-state index contributed by atoms with van der Waals surface area (Å²) in [6, 6.07) is 7.90. The molecule has 19 heavy (non-hydrogen) atoms. The second-order valence-electron chi connectivity index (χ2n) is 4.29. The first-order valence-electron chi connectivity index (χ1n) is 6.24. The largest absolute Gasteiger partial charge is 0.377 e. The third kappa shape index (κ3) is 2.57. The molecule has 6 heteroatoms. The number of anilines is 1. The smallest absolute Gasteiger partial charge is 0.223 e. The minimum absolute atomic E-state index is 0.562. The van der Waals surface area contributed by atoms with Crippen molar-refractivity contribution in [3.05, 3.63) is 30.2 Å². The number of aliphatic imine (C=N–C) groups is 1. The van der Waals surface area contributed by atoms with Crippen molar-refractivity contribution in [1.82, 2.24) is 15.5 Å². The fourth-order valence-corrected chi connectivity index (χ4v) is 1.99. The molecule has 0 radical (unpaired) electrons. The number of nitrogens with one attached hydrogen (secondary N) is 2. The highest BCUT2D eigenvalue weighted by Crippen LogP contribution is 2.25. The van der Waals surface area contributed by atoms with Crippen LogP contribution in [0.3, 0.4) is 0 Å². The van der Waals surface area contributed by atoms with Gasteiger partial charge in [0.2, 0.25) is 11.7 Å². The van der Waals surface area contributed by atoms with Crippen LogP contribution in [0.5, 0.6) is 0 Å². The summed E-state index contributed by atoms with van der Waals surface area (Å²) in [6.07, 6.45) is 0. The van der Waals surface area contributed by atoms with E-state index in [2.05, 4.69) is 25.8 Å². The first-order valence-corrected chi connectivity index (χ1v) is 6.24. The molecule has 1 aliphatic heterocycles. The van der Waals surface area contributed by atoms with Crippen molar-refractivity contribution in [3.8, 4) is 11.4 Å². The van der Waals surface area contributed by atoms with Crippen LogP contribution >= 0.6 is 0 Å². The first kappa shape index (κ1) is 11.7. The summed E-state index contributed by atoms with van der Waals surface area (Å²) in [5.74, 6) is 2.15. The maximum Gasteiger partial charge on any atom is 0.223 e. The van der Waals surface area contributed by atoms with Crippen LogP contribution in [-0.2, 0) is 0 Å². The maximum absolute atomic E-state index is 5.03. The highest BCUT2D eigenvalue weighted by atomic mass is 16.5. The van der Waals surface area contributed by atoms with Crippen LogP contribution in [0.25, 0.3) is 11.4 Å². The molecule has 0 atom stereocenters. The number of rotatable bonds is 4. The number of nitrogens with zero attached hydrogens (tertiary/aromatic N) is 3. The number of aromatic nitrogens is 2. The lowest BCUT2D eigenvalue weighted by Gasteiger charge is -2.09. The Morgan fingerprint density at radius 1 is 1.37 bits per heavy atom. The van der Waals surface area contributed by atoms with Crippen molar-refractivity contribution in [2.24, 2.45) is 4.99 Å². The predicted octanol–water partition coefficient (Wildman–Crippen LogP) is 1.46. The summed E-state index contributed by atoms with van der Waals surface area (Å²) < 4.78 is 5.03. The third-order valence-electron chi connectivity index (χ3n) is 2.89. The molecule has 98 valence electrons. The first-order chi connectivity index (χ1) is 9.33. The van der Waals surface area contributed by atoms with Crippen LogP contribution < -0.4 is 10.6 Å². The molecule has 0 bridgehead atoms. The van der Waals surface area contributed by atoms with E-state index in [0.717, 1.165) is 30.2 Å². The van der Waals surface area contributed by atoms with Crippen LogP contribution in [0.4, 0.5) is 5.69 Å². The van der Waals surface area contributed by atoms with Crippen molar-refractivity contribution in [2.45, 2.75) is 6.92 Å². The Morgan fingerprint density at radius 2 is 2.26 bits per heavy atom. The van der Waals surface area contributed by atoms with Gasteiger partial charge in [0.15, 0.2) is 0 Å². The van der Waals surface area contributed by atoms with Crippen molar-refractivity contribution in [3.63, 3.8) is 0 Å². The molecular weight excluding hydrogens is 242 g/mol. The van der Waals surface area contributed by atoms with Gasteiger partial charge in [-0.1, -0.05) is 17.3 Å². The molecule has 3 rings (SSSR count). The van der Waals surface area contributed by atoms with Gasteiger partial charge in [-0.15, -0.1) is 0 Å². The van der Waals surface area contributed by atoms with Crippen molar-refractivity contribution in [1.29, 1.82) is 0 Å². The van der Waals surface area contributed by atoms with Gasteiger partial charge in [0.05, 0.1) is 13.1 Å². The predicted molar refractivity (Wildman–Crippen MR) is 73.3 cm³/mol. The lowest BCUT2D eigenvalue weighted by molar-refractivity contribution is 0.394. The number of benzene rings is 1. The molecule has 0 saturated carbocycles. The Kier molecular flexibility index (Phi) is 3.14. The standard InChI is InChI=1S/C13H15N5O/c1-9-17-13(18-19-9)10-4-2-3-5-11(10)16-8-12-14-6-7-15-12/h2-5,16H,6-8H2,1H3,(H,14,15). The van der Waals surface area contributed by atoms with E-state index in [1.165, 1.54) is 0 Å². The fourth-order valence-electron chi connectivity index (χ4n) is 1.99. The summed E-state index contributed by atoms with van der Waals surface area (Å²) in [5.41, 5.74) is 1.90. The lowest BCUT2D eigenvalue weighted by Crippen LogP contribution is -2.26. The van der Waals surface area contributed by atoms with Gasteiger partial charge in [0, 0.05) is 24.7 Å². The second-order valence-corrected chi connectivity index (χ2v) is 4.29. The SMILES string of the molecule is Cc1nc(-c2ccccc2NCC2=NCCN2)no1. The van der Waals surface area contributed by atoms with Gasteiger partial charge in [0.1, 0.15) is 5.84 Å². The van der Waals surface area contributed by atoms with Gasteiger partial charge in [-0.25, -0.2) is 0 Å². The Bertz CT molecular complexity index is 605. The van der Waals surface area contributed by atoms with E-state index in [-0.39, 0.29) is 0 Å². The van der Waals surface area contributed by atoms with Crippen LogP contribution in [0.15, 0.2) is 33.8 Å². The van der Waals surface area contributed by atoms with Gasteiger partial charge in [-0.05, 0) is 12.1 Å². The van der Waals surface area contributed by atoms with Gasteiger partial charge >= 0.3 is 0 Å². The monoisotopic (exact) mass is 257 g/mol. The number of hydrogen-bond donors (Lipinski definition) is 2. The quantitative estimate of drug-likeness (QED) is 0.867. The molecule has 0 amide bonds. The summed E-state index contributed by atoms with van der Waals surface area (Å²) in [5, 5.41) is 10.5. The Balaban J connectivity index is 1.81. The molecule has 0 unspecified atom stereocenters. The topological polar surface area (TPSA) is 75.3 Å². The second kappa shape index (κ2) is 5.09. The molecule has 6 nitrogen and oxygen atoms in total. The van der Waals surface area contributed by atoms with Crippen molar-refractivity contribution in [2.75, 3.05) is 25.0 Å². The normalized spacial score (nSPS) is 14.1. The lowest BCUT2D eigenvalue weighted by atomic mass is 10.1.